The average Bonchev–Trinajstić information content (AvgIpc) is 3.46. The fourth-order valence-electron chi connectivity index (χ4n) is 2.61. The van der Waals surface area contributed by atoms with E-state index in [0.717, 1.165) is 18.6 Å². The largest absolute Gasteiger partial charge is 0.494 e. The van der Waals surface area contributed by atoms with Gasteiger partial charge in [-0.2, -0.15) is 0 Å². The zero-order valence-corrected chi connectivity index (χ0v) is 16.8. The molecule has 1 aliphatic rings. The van der Waals surface area contributed by atoms with Crippen LogP contribution in [0.4, 0.5) is 0 Å². The molecule has 1 aromatic rings. The third-order valence-corrected chi connectivity index (χ3v) is 4.22. The molecule has 0 aromatic heterocycles. The SMILES string of the molecule is CC.CNC1(c2ccc(OCCCOCCCOCC(C)=O)cc2)CC1. The first-order valence-electron chi connectivity index (χ1n) is 9.73. The number of nitrogens with one attached hydrogen (secondary N) is 1. The summed E-state index contributed by atoms with van der Waals surface area (Å²) in [6.07, 6.45) is 4.08. The maximum absolute atomic E-state index is 10.7. The molecule has 1 N–H and O–H groups in total. The quantitative estimate of drug-likeness (QED) is 0.540. The number of hydrogen-bond donors (Lipinski definition) is 1. The minimum atomic E-state index is 0.0550. The van der Waals surface area contributed by atoms with Crippen molar-refractivity contribution in [2.24, 2.45) is 0 Å². The summed E-state index contributed by atoms with van der Waals surface area (Å²) in [5.41, 5.74) is 1.55. The Morgan fingerprint density at radius 1 is 1.00 bits per heavy atom. The van der Waals surface area contributed by atoms with E-state index in [-0.39, 0.29) is 17.9 Å². The van der Waals surface area contributed by atoms with Crippen LogP contribution in [0.25, 0.3) is 0 Å². The van der Waals surface area contributed by atoms with Gasteiger partial charge < -0.3 is 19.5 Å². The first-order valence-corrected chi connectivity index (χ1v) is 9.73. The van der Waals surface area contributed by atoms with Crippen LogP contribution in [0.5, 0.6) is 5.75 Å². The van der Waals surface area contributed by atoms with Crippen LogP contribution in [0.3, 0.4) is 0 Å². The number of ether oxygens (including phenoxy) is 3. The predicted octanol–water partition coefficient (Wildman–Crippen LogP) is 3.70. The molecule has 0 amide bonds. The van der Waals surface area contributed by atoms with Gasteiger partial charge in [0.05, 0.1) is 6.61 Å². The van der Waals surface area contributed by atoms with Crippen LogP contribution < -0.4 is 10.1 Å². The zero-order chi connectivity index (χ0) is 19.3. The van der Waals surface area contributed by atoms with Crippen molar-refractivity contribution in [2.45, 2.75) is 52.0 Å². The van der Waals surface area contributed by atoms with Crippen molar-refractivity contribution in [1.29, 1.82) is 0 Å². The van der Waals surface area contributed by atoms with Crippen LogP contribution in [-0.2, 0) is 19.8 Å². The van der Waals surface area contributed by atoms with Gasteiger partial charge in [0, 0.05) is 31.8 Å². The van der Waals surface area contributed by atoms with E-state index in [4.69, 9.17) is 14.2 Å². The second-order valence-corrected chi connectivity index (χ2v) is 6.28. The topological polar surface area (TPSA) is 56.8 Å². The van der Waals surface area contributed by atoms with E-state index in [2.05, 4.69) is 17.4 Å². The van der Waals surface area contributed by atoms with Gasteiger partial charge in [-0.25, -0.2) is 0 Å². The molecule has 0 saturated heterocycles. The Hall–Kier alpha value is -1.43. The average molecular weight is 366 g/mol. The van der Waals surface area contributed by atoms with Gasteiger partial charge in [0.1, 0.15) is 12.4 Å². The number of ketones is 1. The molecule has 1 aromatic carbocycles. The van der Waals surface area contributed by atoms with Crippen LogP contribution in [0.2, 0.25) is 0 Å². The van der Waals surface area contributed by atoms with Crippen molar-refractivity contribution in [1.82, 2.24) is 5.32 Å². The fraction of sp³-hybridized carbons (Fsp3) is 0.667. The summed E-state index contributed by atoms with van der Waals surface area (Å²) in [4.78, 5) is 10.7. The standard InChI is InChI=1S/C19H29NO4.C2H6/c1-16(21)15-23-13-3-11-22-12-4-14-24-18-7-5-17(6-8-18)19(20-2)9-10-19;1-2/h5-8,20H,3-4,9-15H2,1-2H3;1-2H3. The smallest absolute Gasteiger partial charge is 0.155 e. The van der Waals surface area contributed by atoms with Crippen molar-refractivity contribution >= 4 is 5.78 Å². The summed E-state index contributed by atoms with van der Waals surface area (Å²) in [6.45, 7) is 8.26. The molecule has 5 heteroatoms. The lowest BCUT2D eigenvalue weighted by Crippen LogP contribution is -2.24. The molecule has 1 fully saturated rings. The minimum Gasteiger partial charge on any atom is -0.494 e. The van der Waals surface area contributed by atoms with Crippen molar-refractivity contribution in [2.75, 3.05) is 40.1 Å². The summed E-state index contributed by atoms with van der Waals surface area (Å²) >= 11 is 0. The third-order valence-electron chi connectivity index (χ3n) is 4.22. The number of hydrogen-bond acceptors (Lipinski definition) is 5. The number of Topliss-reactive ketones (excluding diaryl/α,β-unsaturated/α-hetero) is 1. The van der Waals surface area contributed by atoms with E-state index >= 15 is 0 Å². The molecule has 0 heterocycles. The summed E-state index contributed by atoms with van der Waals surface area (Å²) in [7, 11) is 2.02. The second-order valence-electron chi connectivity index (χ2n) is 6.28. The number of carbonyl (C=O) groups is 1. The molecule has 26 heavy (non-hydrogen) atoms. The van der Waals surface area contributed by atoms with Crippen LogP contribution >= 0.6 is 0 Å². The van der Waals surface area contributed by atoms with Gasteiger partial charge in [-0.1, -0.05) is 26.0 Å². The van der Waals surface area contributed by atoms with Gasteiger partial charge in [-0.3, -0.25) is 4.79 Å². The van der Waals surface area contributed by atoms with Crippen molar-refractivity contribution in [3.05, 3.63) is 29.8 Å². The molecular weight excluding hydrogens is 330 g/mol. The lowest BCUT2D eigenvalue weighted by Gasteiger charge is -2.15. The normalized spacial score (nSPS) is 14.3. The predicted molar refractivity (Wildman–Crippen MR) is 105 cm³/mol. The van der Waals surface area contributed by atoms with Crippen LogP contribution in [-0.4, -0.2) is 45.9 Å². The monoisotopic (exact) mass is 365 g/mol. The molecule has 148 valence electrons. The Bertz CT molecular complexity index is 497. The Morgan fingerprint density at radius 3 is 2.12 bits per heavy atom. The van der Waals surface area contributed by atoms with Crippen LogP contribution in [0, 0.1) is 0 Å². The molecule has 0 atom stereocenters. The molecule has 0 unspecified atom stereocenters. The first-order chi connectivity index (χ1) is 12.7. The molecule has 0 bridgehead atoms. The summed E-state index contributed by atoms with van der Waals surface area (Å²) in [5.74, 6) is 0.961. The van der Waals surface area contributed by atoms with Crippen LogP contribution in [0.15, 0.2) is 24.3 Å². The van der Waals surface area contributed by atoms with Crippen LogP contribution in [0.1, 0.15) is 52.0 Å². The minimum absolute atomic E-state index is 0.0550. The Morgan fingerprint density at radius 2 is 1.58 bits per heavy atom. The highest BCUT2D eigenvalue weighted by Gasteiger charge is 2.42. The highest BCUT2D eigenvalue weighted by Crippen LogP contribution is 2.45. The highest BCUT2D eigenvalue weighted by molar-refractivity contribution is 5.76. The number of benzene rings is 1. The van der Waals surface area contributed by atoms with E-state index in [9.17, 15) is 4.79 Å². The van der Waals surface area contributed by atoms with Gasteiger partial charge >= 0.3 is 0 Å². The van der Waals surface area contributed by atoms with Gasteiger partial charge in [0.25, 0.3) is 0 Å². The highest BCUT2D eigenvalue weighted by atomic mass is 16.5. The van der Waals surface area contributed by atoms with E-state index in [1.54, 1.807) is 0 Å². The van der Waals surface area contributed by atoms with Gasteiger partial charge in [0.15, 0.2) is 5.78 Å². The zero-order valence-electron chi connectivity index (χ0n) is 16.8. The maximum atomic E-state index is 10.7. The third kappa shape index (κ3) is 8.30. The van der Waals surface area contributed by atoms with E-state index in [1.807, 2.05) is 33.0 Å². The van der Waals surface area contributed by atoms with E-state index < -0.39 is 0 Å². The van der Waals surface area contributed by atoms with Crippen molar-refractivity contribution < 1.29 is 19.0 Å². The Balaban J connectivity index is 0.00000163. The van der Waals surface area contributed by atoms with Gasteiger partial charge in [0.2, 0.25) is 0 Å². The van der Waals surface area contributed by atoms with E-state index in [0.29, 0.717) is 26.4 Å². The molecule has 2 rings (SSSR count). The molecular formula is C21H35NO4. The first kappa shape index (κ1) is 22.6. The lowest BCUT2D eigenvalue weighted by molar-refractivity contribution is -0.121. The Kier molecular flexibility index (Phi) is 11.2. The van der Waals surface area contributed by atoms with Crippen molar-refractivity contribution in [3.63, 3.8) is 0 Å². The molecule has 0 radical (unpaired) electrons. The lowest BCUT2D eigenvalue weighted by atomic mass is 10.1. The molecule has 5 nitrogen and oxygen atoms in total. The molecule has 1 aliphatic carbocycles. The van der Waals surface area contributed by atoms with Gasteiger partial charge in [-0.15, -0.1) is 0 Å². The van der Waals surface area contributed by atoms with Crippen molar-refractivity contribution in [3.8, 4) is 5.75 Å². The molecule has 1 saturated carbocycles. The van der Waals surface area contributed by atoms with Gasteiger partial charge in [-0.05, 0) is 50.9 Å². The summed E-state index contributed by atoms with van der Waals surface area (Å²) in [5, 5.41) is 3.40. The second kappa shape index (κ2) is 12.8. The summed E-state index contributed by atoms with van der Waals surface area (Å²) < 4.78 is 16.4. The molecule has 0 spiro atoms. The number of rotatable bonds is 13. The number of carbonyl (C=O) groups excluding carboxylic acids is 1. The summed E-state index contributed by atoms with van der Waals surface area (Å²) in [6, 6.07) is 8.38. The fourth-order valence-corrected chi connectivity index (χ4v) is 2.61. The van der Waals surface area contributed by atoms with E-state index in [1.165, 1.54) is 25.3 Å². The Labute approximate surface area is 158 Å². The molecule has 0 aliphatic heterocycles. The maximum Gasteiger partial charge on any atom is 0.155 e.